The summed E-state index contributed by atoms with van der Waals surface area (Å²) in [5, 5.41) is 1.88. The highest BCUT2D eigenvalue weighted by atomic mass is 32.2. The third kappa shape index (κ3) is 5.08. The van der Waals surface area contributed by atoms with Crippen LogP contribution in [0.1, 0.15) is 25.7 Å². The van der Waals surface area contributed by atoms with Gasteiger partial charge in [0.25, 0.3) is 0 Å². The summed E-state index contributed by atoms with van der Waals surface area (Å²) in [6, 6.07) is 12.7. The maximum atomic E-state index is 13.2. The van der Waals surface area contributed by atoms with Crippen LogP contribution in [0.15, 0.2) is 47.4 Å². The van der Waals surface area contributed by atoms with Crippen LogP contribution < -0.4 is 0 Å². The van der Waals surface area contributed by atoms with Crippen LogP contribution in [0.25, 0.3) is 10.8 Å². The van der Waals surface area contributed by atoms with E-state index in [1.54, 1.807) is 19.2 Å². The molecular formula is C23H31N3O5S2. The fraction of sp³-hybridized carbons (Fsp3) is 0.522. The topological polar surface area (TPSA) is 95.1 Å². The number of nitrogens with zero attached hydrogens (tertiary/aromatic N) is 3. The molecule has 0 aliphatic carbocycles. The SMILES string of the molecule is CN(C1CCN(C(=O)C2CCN(S(=O)(=O)c3ccc4ccccc4c3)CC2)CC1)S(C)(=O)=O. The molecular weight excluding hydrogens is 462 g/mol. The first-order chi connectivity index (χ1) is 15.6. The van der Waals surface area contributed by atoms with Gasteiger partial charge in [0.2, 0.25) is 26.0 Å². The predicted octanol–water partition coefficient (Wildman–Crippen LogP) is 2.12. The largest absolute Gasteiger partial charge is 0.342 e. The Labute approximate surface area is 196 Å². The van der Waals surface area contributed by atoms with Crippen molar-refractivity contribution in [2.24, 2.45) is 5.92 Å². The predicted molar refractivity (Wildman–Crippen MR) is 128 cm³/mol. The summed E-state index contributed by atoms with van der Waals surface area (Å²) in [6.45, 7) is 1.69. The summed E-state index contributed by atoms with van der Waals surface area (Å²) in [4.78, 5) is 15.1. The van der Waals surface area contributed by atoms with Gasteiger partial charge in [-0.3, -0.25) is 4.79 Å². The number of sulfonamides is 2. The standard InChI is InChI=1S/C23H31N3O5S2/c1-24(32(2,28)29)21-11-13-25(14-12-21)23(27)19-9-15-26(16-10-19)33(30,31)22-8-7-18-5-3-4-6-20(18)17-22/h3-8,17,19,21H,9-16H2,1-2H3. The van der Waals surface area contributed by atoms with E-state index in [-0.39, 0.29) is 22.8 Å². The van der Waals surface area contributed by atoms with Gasteiger partial charge in [-0.15, -0.1) is 0 Å². The number of carbonyl (C=O) groups excluding carboxylic acids is 1. The molecule has 0 radical (unpaired) electrons. The van der Waals surface area contributed by atoms with Crippen molar-refractivity contribution in [2.75, 3.05) is 39.5 Å². The Kier molecular flexibility index (Phi) is 6.82. The average molecular weight is 494 g/mol. The van der Waals surface area contributed by atoms with Crippen molar-refractivity contribution in [3.05, 3.63) is 42.5 Å². The average Bonchev–Trinajstić information content (AvgIpc) is 2.82. The molecule has 2 aliphatic rings. The van der Waals surface area contributed by atoms with Crippen molar-refractivity contribution in [3.63, 3.8) is 0 Å². The summed E-state index contributed by atoms with van der Waals surface area (Å²) in [5.74, 6) is -0.143. The number of rotatable bonds is 5. The smallest absolute Gasteiger partial charge is 0.243 e. The lowest BCUT2D eigenvalue weighted by Gasteiger charge is -2.38. The fourth-order valence-electron chi connectivity index (χ4n) is 4.80. The number of hydrogen-bond acceptors (Lipinski definition) is 5. The molecule has 0 bridgehead atoms. The van der Waals surface area contributed by atoms with Gasteiger partial charge in [0.15, 0.2) is 0 Å². The summed E-state index contributed by atoms with van der Waals surface area (Å²) < 4.78 is 52.7. The van der Waals surface area contributed by atoms with Crippen molar-refractivity contribution in [1.29, 1.82) is 0 Å². The van der Waals surface area contributed by atoms with Crippen LogP contribution in [-0.4, -0.2) is 81.8 Å². The van der Waals surface area contributed by atoms with E-state index in [1.165, 1.54) is 14.9 Å². The lowest BCUT2D eigenvalue weighted by molar-refractivity contribution is -0.138. The Hall–Kier alpha value is -2.01. The molecule has 0 N–H and O–H groups in total. The van der Waals surface area contributed by atoms with E-state index in [0.29, 0.717) is 51.9 Å². The fourth-order valence-corrected chi connectivity index (χ4v) is 7.06. The van der Waals surface area contributed by atoms with E-state index in [9.17, 15) is 21.6 Å². The Balaban J connectivity index is 1.35. The van der Waals surface area contributed by atoms with E-state index in [2.05, 4.69) is 0 Å². The van der Waals surface area contributed by atoms with Gasteiger partial charge >= 0.3 is 0 Å². The zero-order chi connectivity index (χ0) is 23.8. The van der Waals surface area contributed by atoms with Crippen molar-refractivity contribution >= 4 is 36.7 Å². The third-order valence-corrected chi connectivity index (χ3v) is 10.2. The Morgan fingerprint density at radius 3 is 2.09 bits per heavy atom. The van der Waals surface area contributed by atoms with E-state index < -0.39 is 20.0 Å². The quantitative estimate of drug-likeness (QED) is 0.636. The molecule has 2 saturated heterocycles. The zero-order valence-corrected chi connectivity index (χ0v) is 20.7. The monoisotopic (exact) mass is 493 g/mol. The maximum absolute atomic E-state index is 13.2. The summed E-state index contributed by atoms with van der Waals surface area (Å²) in [7, 11) is -5.27. The molecule has 2 aromatic rings. The first-order valence-corrected chi connectivity index (χ1v) is 14.6. The second-order valence-electron chi connectivity index (χ2n) is 9.02. The van der Waals surface area contributed by atoms with Crippen LogP contribution >= 0.6 is 0 Å². The zero-order valence-electron chi connectivity index (χ0n) is 19.1. The molecule has 0 aromatic heterocycles. The molecule has 1 amide bonds. The lowest BCUT2D eigenvalue weighted by atomic mass is 9.95. The van der Waals surface area contributed by atoms with Crippen LogP contribution in [0.3, 0.4) is 0 Å². The summed E-state index contributed by atoms with van der Waals surface area (Å²) in [5.41, 5.74) is 0. The van der Waals surface area contributed by atoms with E-state index in [1.807, 2.05) is 35.2 Å². The van der Waals surface area contributed by atoms with Gasteiger partial charge in [0.05, 0.1) is 11.2 Å². The van der Waals surface area contributed by atoms with Crippen molar-refractivity contribution in [1.82, 2.24) is 13.5 Å². The highest BCUT2D eigenvalue weighted by Crippen LogP contribution is 2.28. The number of hydrogen-bond donors (Lipinski definition) is 0. The molecule has 0 unspecified atom stereocenters. The Morgan fingerprint density at radius 1 is 0.879 bits per heavy atom. The van der Waals surface area contributed by atoms with Crippen molar-refractivity contribution in [2.45, 2.75) is 36.6 Å². The van der Waals surface area contributed by atoms with Crippen LogP contribution in [-0.2, 0) is 24.8 Å². The normalized spacial score (nSPS) is 19.9. The molecule has 2 aliphatic heterocycles. The number of amides is 1. The van der Waals surface area contributed by atoms with Crippen molar-refractivity contribution in [3.8, 4) is 0 Å². The first kappa shape index (κ1) is 24.1. The Bertz CT molecular complexity index is 1230. The molecule has 0 spiro atoms. The van der Waals surface area contributed by atoms with E-state index in [4.69, 9.17) is 0 Å². The summed E-state index contributed by atoms with van der Waals surface area (Å²) in [6.07, 6.45) is 3.42. The van der Waals surface area contributed by atoms with Gasteiger partial charge in [-0.1, -0.05) is 30.3 Å². The Morgan fingerprint density at radius 2 is 1.48 bits per heavy atom. The number of benzene rings is 2. The summed E-state index contributed by atoms with van der Waals surface area (Å²) >= 11 is 0. The minimum absolute atomic E-state index is 0.0539. The van der Waals surface area contributed by atoms with Gasteiger partial charge in [0.1, 0.15) is 0 Å². The molecule has 33 heavy (non-hydrogen) atoms. The molecule has 180 valence electrons. The van der Waals surface area contributed by atoms with Gasteiger partial charge in [-0.05, 0) is 48.6 Å². The second-order valence-corrected chi connectivity index (χ2v) is 13.0. The van der Waals surface area contributed by atoms with Crippen LogP contribution in [0.2, 0.25) is 0 Å². The molecule has 2 fully saturated rings. The highest BCUT2D eigenvalue weighted by Gasteiger charge is 2.36. The molecule has 0 saturated carbocycles. The first-order valence-electron chi connectivity index (χ1n) is 11.3. The van der Waals surface area contributed by atoms with Crippen LogP contribution in [0.4, 0.5) is 0 Å². The van der Waals surface area contributed by atoms with E-state index >= 15 is 0 Å². The van der Waals surface area contributed by atoms with E-state index in [0.717, 1.165) is 10.8 Å². The van der Waals surface area contributed by atoms with Gasteiger partial charge in [-0.2, -0.15) is 4.31 Å². The van der Waals surface area contributed by atoms with Crippen LogP contribution in [0.5, 0.6) is 0 Å². The molecule has 2 aromatic carbocycles. The van der Waals surface area contributed by atoms with Gasteiger partial charge in [-0.25, -0.2) is 21.1 Å². The maximum Gasteiger partial charge on any atom is 0.243 e. The minimum atomic E-state index is -3.61. The molecule has 10 heteroatoms. The number of likely N-dealkylation sites (tertiary alicyclic amines) is 1. The molecule has 2 heterocycles. The van der Waals surface area contributed by atoms with Gasteiger partial charge in [0, 0.05) is 45.2 Å². The van der Waals surface area contributed by atoms with Crippen LogP contribution in [0, 0.1) is 5.92 Å². The lowest BCUT2D eigenvalue weighted by Crippen LogP contribution is -2.50. The molecule has 8 nitrogen and oxygen atoms in total. The minimum Gasteiger partial charge on any atom is -0.342 e. The highest BCUT2D eigenvalue weighted by molar-refractivity contribution is 7.89. The van der Waals surface area contributed by atoms with Gasteiger partial charge < -0.3 is 4.90 Å². The number of piperidine rings is 2. The second kappa shape index (κ2) is 9.32. The number of fused-ring (bicyclic) bond motifs is 1. The van der Waals surface area contributed by atoms with Crippen molar-refractivity contribution < 1.29 is 21.6 Å². The third-order valence-electron chi connectivity index (χ3n) is 6.98. The molecule has 0 atom stereocenters. The molecule has 4 rings (SSSR count). The number of carbonyl (C=O) groups is 1.